The summed E-state index contributed by atoms with van der Waals surface area (Å²) < 4.78 is 24.3. The van der Waals surface area contributed by atoms with Gasteiger partial charge in [0.1, 0.15) is 5.75 Å². The van der Waals surface area contributed by atoms with Crippen molar-refractivity contribution in [2.45, 2.75) is 98.3 Å². The molecule has 1 rings (SSSR count). The van der Waals surface area contributed by atoms with Crippen LogP contribution in [0.25, 0.3) is 0 Å². The van der Waals surface area contributed by atoms with Crippen LogP contribution in [-0.2, 0) is 20.5 Å². The van der Waals surface area contributed by atoms with E-state index in [1.165, 1.54) is 5.57 Å². The third kappa shape index (κ3) is 9.93. The van der Waals surface area contributed by atoms with Gasteiger partial charge in [0.15, 0.2) is 8.32 Å². The van der Waals surface area contributed by atoms with E-state index in [9.17, 15) is 0 Å². The van der Waals surface area contributed by atoms with Gasteiger partial charge < -0.3 is 18.6 Å². The van der Waals surface area contributed by atoms with Crippen molar-refractivity contribution in [1.82, 2.24) is 0 Å². The molecule has 0 saturated heterocycles. The maximum atomic E-state index is 6.95. The molecule has 0 aliphatic heterocycles. The Labute approximate surface area is 205 Å². The summed E-state index contributed by atoms with van der Waals surface area (Å²) in [6.45, 7) is 21.7. The number of allylic oxidation sites excluding steroid dienone is 2. The summed E-state index contributed by atoms with van der Waals surface area (Å²) in [6, 6.07) is 8.05. The van der Waals surface area contributed by atoms with Gasteiger partial charge in [-0.15, -0.1) is 0 Å². The molecular formula is C28H50O4Si. The van der Waals surface area contributed by atoms with Crippen molar-refractivity contribution in [2.24, 2.45) is 11.8 Å². The molecule has 1 aromatic rings. The first-order chi connectivity index (χ1) is 15.3. The SMILES string of the molecule is COc1ccc(COCC[C@@H](O[Si](C)(C)C(C)(C)C)[C@H](C)[C@H](OC)[C@@H](C)CC=C(C)C)cc1. The molecule has 0 spiro atoms. The highest BCUT2D eigenvalue weighted by Crippen LogP contribution is 2.39. The van der Waals surface area contributed by atoms with Gasteiger partial charge in [0.2, 0.25) is 0 Å². The topological polar surface area (TPSA) is 36.9 Å². The largest absolute Gasteiger partial charge is 0.497 e. The number of methoxy groups -OCH3 is 2. The Balaban J connectivity index is 2.89. The predicted octanol–water partition coefficient (Wildman–Crippen LogP) is 7.64. The number of hydrogen-bond acceptors (Lipinski definition) is 4. The summed E-state index contributed by atoms with van der Waals surface area (Å²) in [4.78, 5) is 0. The summed E-state index contributed by atoms with van der Waals surface area (Å²) >= 11 is 0. The second-order valence-electron chi connectivity index (χ2n) is 11.2. The molecule has 0 radical (unpaired) electrons. The van der Waals surface area contributed by atoms with Crippen LogP contribution in [0, 0.1) is 11.8 Å². The van der Waals surface area contributed by atoms with Gasteiger partial charge in [0.05, 0.1) is 25.9 Å². The average molecular weight is 479 g/mol. The Bertz CT molecular complexity index is 702. The lowest BCUT2D eigenvalue weighted by Crippen LogP contribution is -2.48. The van der Waals surface area contributed by atoms with Crippen molar-refractivity contribution in [1.29, 1.82) is 0 Å². The Hall–Kier alpha value is -1.14. The normalized spacial score (nSPS) is 16.1. The quantitative estimate of drug-likeness (QED) is 0.156. The Morgan fingerprint density at radius 1 is 1.03 bits per heavy atom. The van der Waals surface area contributed by atoms with Crippen LogP contribution >= 0.6 is 0 Å². The maximum Gasteiger partial charge on any atom is 0.192 e. The third-order valence-corrected chi connectivity index (χ3v) is 11.6. The Morgan fingerprint density at radius 2 is 1.64 bits per heavy atom. The fourth-order valence-corrected chi connectivity index (χ4v) is 5.27. The van der Waals surface area contributed by atoms with E-state index in [0.29, 0.717) is 19.1 Å². The number of ether oxygens (including phenoxy) is 3. The molecule has 4 atom stereocenters. The zero-order valence-electron chi connectivity index (χ0n) is 23.2. The van der Waals surface area contributed by atoms with E-state index in [4.69, 9.17) is 18.6 Å². The Kier molecular flexibility index (Phi) is 12.4. The van der Waals surface area contributed by atoms with Crippen molar-refractivity contribution >= 4 is 8.32 Å². The van der Waals surface area contributed by atoms with Crippen molar-refractivity contribution in [3.05, 3.63) is 41.5 Å². The first kappa shape index (κ1) is 29.9. The van der Waals surface area contributed by atoms with Gasteiger partial charge in [-0.3, -0.25) is 0 Å². The highest BCUT2D eigenvalue weighted by Gasteiger charge is 2.41. The monoisotopic (exact) mass is 478 g/mol. The summed E-state index contributed by atoms with van der Waals surface area (Å²) in [7, 11) is 1.59. The molecule has 0 unspecified atom stereocenters. The molecule has 0 fully saturated rings. The molecule has 0 aliphatic rings. The van der Waals surface area contributed by atoms with Gasteiger partial charge in [-0.25, -0.2) is 0 Å². The van der Waals surface area contributed by atoms with Crippen LogP contribution in [-0.4, -0.2) is 41.4 Å². The fraction of sp³-hybridized carbons (Fsp3) is 0.714. The molecule has 0 saturated carbocycles. The van der Waals surface area contributed by atoms with Crippen molar-refractivity contribution in [3.8, 4) is 5.75 Å². The van der Waals surface area contributed by atoms with E-state index in [-0.39, 0.29) is 23.2 Å². The predicted molar refractivity (Wildman–Crippen MR) is 143 cm³/mol. The van der Waals surface area contributed by atoms with E-state index in [1.807, 2.05) is 19.2 Å². The summed E-state index contributed by atoms with van der Waals surface area (Å²) in [5.74, 6) is 1.56. The molecule has 0 aliphatic carbocycles. The van der Waals surface area contributed by atoms with Crippen molar-refractivity contribution in [2.75, 3.05) is 20.8 Å². The number of hydrogen-bond donors (Lipinski definition) is 0. The van der Waals surface area contributed by atoms with Gasteiger partial charge in [-0.1, -0.05) is 58.4 Å². The summed E-state index contributed by atoms with van der Waals surface area (Å²) in [5.41, 5.74) is 2.50. The first-order valence-electron chi connectivity index (χ1n) is 12.4. The molecule has 0 N–H and O–H groups in total. The molecule has 5 heteroatoms. The average Bonchev–Trinajstić information content (AvgIpc) is 2.74. The van der Waals surface area contributed by atoms with Crippen LogP contribution in [0.3, 0.4) is 0 Å². The van der Waals surface area contributed by atoms with Crippen LogP contribution in [0.1, 0.15) is 66.9 Å². The minimum absolute atomic E-state index is 0.0980. The van der Waals surface area contributed by atoms with Crippen LogP contribution < -0.4 is 4.74 Å². The van der Waals surface area contributed by atoms with E-state index in [2.05, 4.69) is 79.8 Å². The lowest BCUT2D eigenvalue weighted by atomic mass is 9.86. The van der Waals surface area contributed by atoms with Crippen LogP contribution in [0.4, 0.5) is 0 Å². The van der Waals surface area contributed by atoms with Crippen molar-refractivity contribution in [3.63, 3.8) is 0 Å². The van der Waals surface area contributed by atoms with Gasteiger partial charge in [-0.2, -0.15) is 0 Å². The van der Waals surface area contributed by atoms with Crippen LogP contribution in [0.5, 0.6) is 5.75 Å². The lowest BCUT2D eigenvalue weighted by Gasteiger charge is -2.43. The first-order valence-corrected chi connectivity index (χ1v) is 15.3. The van der Waals surface area contributed by atoms with Gasteiger partial charge in [-0.05, 0) is 68.4 Å². The van der Waals surface area contributed by atoms with Gasteiger partial charge in [0.25, 0.3) is 0 Å². The van der Waals surface area contributed by atoms with Gasteiger partial charge in [0, 0.05) is 19.6 Å². The van der Waals surface area contributed by atoms with Crippen LogP contribution in [0.15, 0.2) is 35.9 Å². The molecule has 190 valence electrons. The molecule has 4 nitrogen and oxygen atoms in total. The smallest absolute Gasteiger partial charge is 0.192 e. The highest BCUT2D eigenvalue weighted by molar-refractivity contribution is 6.74. The molecule has 0 heterocycles. The fourth-order valence-electron chi connectivity index (χ4n) is 3.83. The molecule has 0 bridgehead atoms. The second-order valence-corrected chi connectivity index (χ2v) is 15.9. The zero-order valence-corrected chi connectivity index (χ0v) is 24.2. The zero-order chi connectivity index (χ0) is 25.2. The standard InChI is InChI=1S/C28H50O4Si/c1-21(2)12-13-22(3)27(30-9)23(4)26(32-33(10,11)28(5,6)7)18-19-31-20-24-14-16-25(29-8)17-15-24/h12,14-17,22-23,26-27H,13,18-20H2,1-11H3/t22-,23-,26+,27+/m0/s1. The maximum absolute atomic E-state index is 6.95. The lowest BCUT2D eigenvalue weighted by molar-refractivity contribution is -0.0391. The molecule has 0 amide bonds. The highest BCUT2D eigenvalue weighted by atomic mass is 28.4. The molecule has 1 aromatic carbocycles. The number of rotatable bonds is 14. The third-order valence-electron chi connectivity index (χ3n) is 7.06. The van der Waals surface area contributed by atoms with Crippen molar-refractivity contribution < 1.29 is 18.6 Å². The second kappa shape index (κ2) is 13.7. The minimum atomic E-state index is -1.93. The molecular weight excluding hydrogens is 428 g/mol. The van der Waals surface area contributed by atoms with E-state index in [1.54, 1.807) is 7.11 Å². The van der Waals surface area contributed by atoms with Gasteiger partial charge >= 0.3 is 0 Å². The van der Waals surface area contributed by atoms with Crippen LogP contribution in [0.2, 0.25) is 18.1 Å². The molecule has 0 aromatic heterocycles. The summed E-state index contributed by atoms with van der Waals surface area (Å²) in [6.07, 6.45) is 4.42. The van der Waals surface area contributed by atoms with E-state index < -0.39 is 8.32 Å². The number of benzene rings is 1. The Morgan fingerprint density at radius 3 is 2.12 bits per heavy atom. The van der Waals surface area contributed by atoms with E-state index >= 15 is 0 Å². The summed E-state index contributed by atoms with van der Waals surface area (Å²) in [5, 5.41) is 0.158. The minimum Gasteiger partial charge on any atom is -0.497 e. The molecule has 33 heavy (non-hydrogen) atoms. The van der Waals surface area contributed by atoms with E-state index in [0.717, 1.165) is 24.2 Å².